The van der Waals surface area contributed by atoms with E-state index in [0.29, 0.717) is 23.1 Å². The average Bonchev–Trinajstić information content (AvgIpc) is 2.98. The van der Waals surface area contributed by atoms with Crippen molar-refractivity contribution in [3.05, 3.63) is 35.9 Å². The van der Waals surface area contributed by atoms with E-state index >= 15 is 0 Å². The molecular formula is C33H57NO7P+. The second-order valence-electron chi connectivity index (χ2n) is 12.6. The zero-order chi connectivity index (χ0) is 30.1. The molecule has 0 aromatic heterocycles. The first kappa shape index (κ1) is 35.2. The second-order valence-corrected chi connectivity index (χ2v) is 14.2. The molecule has 3 rings (SSSR count). The Morgan fingerprint density at radius 3 is 2.10 bits per heavy atom. The summed E-state index contributed by atoms with van der Waals surface area (Å²) in [5.74, 6) is -0.470. The van der Waals surface area contributed by atoms with Gasteiger partial charge in [0.2, 0.25) is 6.23 Å². The van der Waals surface area contributed by atoms with Gasteiger partial charge in [0.15, 0.2) is 0 Å². The van der Waals surface area contributed by atoms with E-state index in [1.54, 1.807) is 24.3 Å². The first-order chi connectivity index (χ1) is 20.3. The van der Waals surface area contributed by atoms with E-state index in [0.717, 1.165) is 25.8 Å². The zero-order valence-electron chi connectivity index (χ0n) is 26.5. The number of fused-ring (bicyclic) bond motifs is 2. The number of phosphoric acid groups is 1. The van der Waals surface area contributed by atoms with Crippen molar-refractivity contribution in [1.29, 1.82) is 0 Å². The minimum Gasteiger partial charge on any atom is -0.454 e. The Morgan fingerprint density at radius 1 is 0.881 bits per heavy atom. The lowest BCUT2D eigenvalue weighted by Gasteiger charge is -2.47. The van der Waals surface area contributed by atoms with Crippen molar-refractivity contribution in [2.24, 2.45) is 0 Å². The van der Waals surface area contributed by atoms with Gasteiger partial charge in [-0.3, -0.25) is 9.05 Å². The van der Waals surface area contributed by atoms with Gasteiger partial charge in [-0.25, -0.2) is 13.9 Å². The molecule has 2 aliphatic rings. The van der Waals surface area contributed by atoms with Gasteiger partial charge in [0, 0.05) is 13.0 Å². The van der Waals surface area contributed by atoms with Crippen LogP contribution in [-0.2, 0) is 27.6 Å². The van der Waals surface area contributed by atoms with Crippen LogP contribution in [0.5, 0.6) is 0 Å². The molecule has 4 atom stereocenters. The summed E-state index contributed by atoms with van der Waals surface area (Å²) < 4.78 is 42.9. The van der Waals surface area contributed by atoms with E-state index in [1.807, 2.05) is 6.07 Å². The van der Waals surface area contributed by atoms with E-state index in [1.165, 1.54) is 77.0 Å². The lowest BCUT2D eigenvalue weighted by molar-refractivity contribution is -0.941. The van der Waals surface area contributed by atoms with E-state index in [4.69, 9.17) is 23.0 Å². The van der Waals surface area contributed by atoms with E-state index in [2.05, 4.69) is 21.0 Å². The standard InChI is InChI=1S/C33H57NO7P/c1-4-5-6-7-8-9-10-11-12-13-14-15-16-20-25-37-27-31(39-33(35)29-21-18-17-19-22-29)28-38-42(36)40-30-23-24-34(2,3)32(26-30)41-42/h17-19,21-22,30-32H,4-16,20,23-28H2,1-3H3/q+1. The maximum absolute atomic E-state index is 13.4. The molecule has 8 nitrogen and oxygen atoms in total. The van der Waals surface area contributed by atoms with Gasteiger partial charge in [0.05, 0.1) is 51.9 Å². The smallest absolute Gasteiger partial charge is 0.454 e. The Balaban J connectivity index is 1.32. The van der Waals surface area contributed by atoms with Crippen molar-refractivity contribution in [2.75, 3.05) is 40.5 Å². The summed E-state index contributed by atoms with van der Waals surface area (Å²) in [4.78, 5) is 12.7. The molecule has 9 heteroatoms. The molecule has 2 fully saturated rings. The van der Waals surface area contributed by atoms with Crippen molar-refractivity contribution in [1.82, 2.24) is 0 Å². The molecule has 2 bridgehead atoms. The number of unbranched alkanes of at least 4 members (excludes halogenated alkanes) is 13. The number of phosphoric ester groups is 1. The molecule has 2 heterocycles. The maximum atomic E-state index is 13.4. The van der Waals surface area contributed by atoms with Crippen molar-refractivity contribution in [3.8, 4) is 0 Å². The quantitative estimate of drug-likeness (QED) is 0.0564. The number of benzene rings is 1. The summed E-state index contributed by atoms with van der Waals surface area (Å²) in [5.41, 5.74) is 0.444. The van der Waals surface area contributed by atoms with Crippen LogP contribution in [-0.4, -0.2) is 69.3 Å². The topological polar surface area (TPSA) is 80.3 Å². The largest absolute Gasteiger partial charge is 0.479 e. The molecule has 0 amide bonds. The van der Waals surface area contributed by atoms with Gasteiger partial charge in [-0.1, -0.05) is 109 Å². The molecule has 0 spiro atoms. The second kappa shape index (κ2) is 19.2. The van der Waals surface area contributed by atoms with Crippen molar-refractivity contribution in [2.45, 2.75) is 128 Å². The van der Waals surface area contributed by atoms with Crippen LogP contribution >= 0.6 is 7.82 Å². The van der Waals surface area contributed by atoms with Gasteiger partial charge < -0.3 is 14.0 Å². The fourth-order valence-electron chi connectivity index (χ4n) is 5.63. The first-order valence-corrected chi connectivity index (χ1v) is 18.1. The number of carbonyl (C=O) groups excluding carboxylic acids is 1. The number of quaternary nitrogens is 1. The zero-order valence-corrected chi connectivity index (χ0v) is 27.4. The van der Waals surface area contributed by atoms with Gasteiger partial charge >= 0.3 is 13.8 Å². The molecule has 0 saturated carbocycles. The molecule has 42 heavy (non-hydrogen) atoms. The van der Waals surface area contributed by atoms with Crippen molar-refractivity contribution < 1.29 is 36.9 Å². The molecule has 2 saturated heterocycles. The van der Waals surface area contributed by atoms with Crippen LogP contribution in [0.1, 0.15) is 120 Å². The Morgan fingerprint density at radius 2 is 1.48 bits per heavy atom. The third-order valence-electron chi connectivity index (χ3n) is 8.45. The molecule has 1 aromatic carbocycles. The number of nitrogens with zero attached hydrogens (tertiary/aromatic N) is 1. The normalized spacial score (nSPS) is 23.9. The van der Waals surface area contributed by atoms with Crippen LogP contribution in [0, 0.1) is 0 Å². The minimum absolute atomic E-state index is 0.124. The van der Waals surface area contributed by atoms with Crippen LogP contribution < -0.4 is 0 Å². The fraction of sp³-hybridized carbons (Fsp3) is 0.788. The van der Waals surface area contributed by atoms with E-state index < -0.39 is 19.9 Å². The molecule has 1 aromatic rings. The summed E-state index contributed by atoms with van der Waals surface area (Å²) in [6, 6.07) is 8.82. The van der Waals surface area contributed by atoms with Crippen LogP contribution in [0.2, 0.25) is 0 Å². The Kier molecular flexibility index (Phi) is 16.1. The predicted molar refractivity (Wildman–Crippen MR) is 166 cm³/mol. The van der Waals surface area contributed by atoms with E-state index in [-0.39, 0.29) is 25.5 Å². The van der Waals surface area contributed by atoms with Crippen molar-refractivity contribution >= 4 is 13.8 Å². The number of piperidine rings is 1. The third-order valence-corrected chi connectivity index (χ3v) is 9.97. The Hall–Kier alpha value is -1.28. The van der Waals surface area contributed by atoms with Crippen LogP contribution in [0.25, 0.3) is 0 Å². The van der Waals surface area contributed by atoms with Gasteiger partial charge in [-0.05, 0) is 18.6 Å². The summed E-state index contributed by atoms with van der Waals surface area (Å²) in [6.07, 6.45) is 18.6. The van der Waals surface area contributed by atoms with Crippen LogP contribution in [0.4, 0.5) is 0 Å². The summed E-state index contributed by atoms with van der Waals surface area (Å²) in [6.45, 7) is 3.77. The molecule has 0 aliphatic carbocycles. The summed E-state index contributed by atoms with van der Waals surface area (Å²) in [7, 11) is 0.345. The fourth-order valence-corrected chi connectivity index (χ4v) is 7.35. The van der Waals surface area contributed by atoms with Gasteiger partial charge in [0.25, 0.3) is 0 Å². The highest BCUT2D eigenvalue weighted by Gasteiger charge is 2.50. The Labute approximate surface area is 255 Å². The molecule has 2 aliphatic heterocycles. The maximum Gasteiger partial charge on any atom is 0.479 e. The number of carbonyl (C=O) groups is 1. The van der Waals surface area contributed by atoms with Gasteiger partial charge in [0.1, 0.15) is 6.10 Å². The predicted octanol–water partition coefficient (Wildman–Crippen LogP) is 8.45. The highest BCUT2D eigenvalue weighted by atomic mass is 31.2. The number of esters is 1. The number of ether oxygens (including phenoxy) is 2. The van der Waals surface area contributed by atoms with Crippen LogP contribution in [0.3, 0.4) is 0 Å². The number of hydrogen-bond donors (Lipinski definition) is 0. The lowest BCUT2D eigenvalue weighted by atomic mass is 10.0. The molecular weight excluding hydrogens is 553 g/mol. The monoisotopic (exact) mass is 610 g/mol. The number of hydrogen-bond acceptors (Lipinski definition) is 7. The molecule has 0 N–H and O–H groups in total. The summed E-state index contributed by atoms with van der Waals surface area (Å²) >= 11 is 0. The van der Waals surface area contributed by atoms with Crippen molar-refractivity contribution in [3.63, 3.8) is 0 Å². The van der Waals surface area contributed by atoms with Gasteiger partial charge in [-0.2, -0.15) is 0 Å². The highest BCUT2D eigenvalue weighted by molar-refractivity contribution is 7.48. The highest BCUT2D eigenvalue weighted by Crippen LogP contribution is 2.58. The lowest BCUT2D eigenvalue weighted by Crippen LogP contribution is -2.58. The molecule has 240 valence electrons. The number of rotatable bonds is 22. The molecule has 0 radical (unpaired) electrons. The SMILES string of the molecule is CCCCCCCCCCCCCCCCOCC(COP1(=O)OC2CC[N+](C)(C)C(C2)O1)OC(=O)c1ccccc1. The third kappa shape index (κ3) is 13.2. The first-order valence-electron chi connectivity index (χ1n) is 16.6. The van der Waals surface area contributed by atoms with E-state index in [9.17, 15) is 9.36 Å². The average molecular weight is 611 g/mol. The minimum atomic E-state index is -3.78. The van der Waals surface area contributed by atoms with Crippen LogP contribution in [0.15, 0.2) is 30.3 Å². The van der Waals surface area contributed by atoms with Gasteiger partial charge in [-0.15, -0.1) is 0 Å². The number of likely N-dealkylation sites (tertiary alicyclic amines) is 1. The summed E-state index contributed by atoms with van der Waals surface area (Å²) in [5, 5.41) is 0. The molecule has 4 unspecified atom stereocenters. The Bertz CT molecular complexity index is 928.